The molecule has 2 aromatic carbocycles. The summed E-state index contributed by atoms with van der Waals surface area (Å²) in [6, 6.07) is 16.7. The van der Waals surface area contributed by atoms with Gasteiger partial charge in [0.25, 0.3) is 0 Å². The molecule has 0 unspecified atom stereocenters. The minimum Gasteiger partial charge on any atom is -0.330 e. The Morgan fingerprint density at radius 3 is 2.65 bits per heavy atom. The maximum absolute atomic E-state index is 5.61. The lowest BCUT2D eigenvalue weighted by Crippen LogP contribution is -2.07. The van der Waals surface area contributed by atoms with Crippen LogP contribution in [0.3, 0.4) is 0 Å². The van der Waals surface area contributed by atoms with E-state index in [2.05, 4.69) is 52.4 Å². The standard InChI is InChI=1S/C17H17N3/c1-12-11-16(20-17(19-12)9-10-18)15-8-4-6-13-5-2-3-7-14(13)15/h2-8,11H,9-10,18H2,1H3. The number of aromatic nitrogens is 2. The molecule has 0 aliphatic heterocycles. The van der Waals surface area contributed by atoms with Gasteiger partial charge in [-0.3, -0.25) is 0 Å². The Hall–Kier alpha value is -2.26. The first-order chi connectivity index (χ1) is 9.78. The Bertz CT molecular complexity index is 745. The van der Waals surface area contributed by atoms with Gasteiger partial charge < -0.3 is 5.73 Å². The average molecular weight is 263 g/mol. The van der Waals surface area contributed by atoms with E-state index in [4.69, 9.17) is 5.73 Å². The first-order valence-corrected chi connectivity index (χ1v) is 6.80. The van der Waals surface area contributed by atoms with Gasteiger partial charge in [0.15, 0.2) is 0 Å². The third-order valence-electron chi connectivity index (χ3n) is 3.33. The Morgan fingerprint density at radius 1 is 1.00 bits per heavy atom. The predicted octanol–water partition coefficient (Wildman–Crippen LogP) is 3.11. The van der Waals surface area contributed by atoms with Crippen molar-refractivity contribution in [3.63, 3.8) is 0 Å². The molecule has 0 atom stereocenters. The number of nitrogens with zero attached hydrogens (tertiary/aromatic N) is 2. The van der Waals surface area contributed by atoms with E-state index in [0.717, 1.165) is 22.8 Å². The number of benzene rings is 2. The summed E-state index contributed by atoms with van der Waals surface area (Å²) in [5, 5.41) is 2.44. The van der Waals surface area contributed by atoms with Gasteiger partial charge in [0.2, 0.25) is 0 Å². The fourth-order valence-electron chi connectivity index (χ4n) is 2.46. The van der Waals surface area contributed by atoms with Crippen molar-refractivity contribution in [3.8, 4) is 11.3 Å². The lowest BCUT2D eigenvalue weighted by molar-refractivity contribution is 0.858. The van der Waals surface area contributed by atoms with E-state index in [1.165, 1.54) is 10.8 Å². The van der Waals surface area contributed by atoms with E-state index in [1.54, 1.807) is 0 Å². The van der Waals surface area contributed by atoms with Crippen LogP contribution in [0.25, 0.3) is 22.0 Å². The molecule has 0 spiro atoms. The normalized spacial score (nSPS) is 10.9. The molecular formula is C17H17N3. The zero-order valence-electron chi connectivity index (χ0n) is 11.5. The smallest absolute Gasteiger partial charge is 0.130 e. The SMILES string of the molecule is Cc1cc(-c2cccc3ccccc23)nc(CCN)n1. The summed E-state index contributed by atoms with van der Waals surface area (Å²) in [7, 11) is 0. The van der Waals surface area contributed by atoms with Crippen LogP contribution in [0.4, 0.5) is 0 Å². The van der Waals surface area contributed by atoms with E-state index < -0.39 is 0 Å². The molecule has 3 heteroatoms. The van der Waals surface area contributed by atoms with Gasteiger partial charge in [0, 0.05) is 17.7 Å². The summed E-state index contributed by atoms with van der Waals surface area (Å²) in [6.45, 7) is 2.56. The number of hydrogen-bond donors (Lipinski definition) is 1. The highest BCUT2D eigenvalue weighted by Gasteiger charge is 2.07. The molecule has 3 rings (SSSR count). The quantitative estimate of drug-likeness (QED) is 0.790. The third-order valence-corrected chi connectivity index (χ3v) is 3.33. The summed E-state index contributed by atoms with van der Waals surface area (Å²) in [5.74, 6) is 0.815. The molecule has 1 heterocycles. The number of aryl methyl sites for hydroxylation is 1. The lowest BCUT2D eigenvalue weighted by atomic mass is 10.0. The second-order valence-corrected chi connectivity index (χ2v) is 4.88. The molecule has 0 saturated carbocycles. The largest absolute Gasteiger partial charge is 0.330 e. The fraction of sp³-hybridized carbons (Fsp3) is 0.176. The van der Waals surface area contributed by atoms with Gasteiger partial charge in [0.05, 0.1) is 5.69 Å². The number of fused-ring (bicyclic) bond motifs is 1. The van der Waals surface area contributed by atoms with E-state index in [9.17, 15) is 0 Å². The maximum Gasteiger partial charge on any atom is 0.130 e. The molecule has 0 fully saturated rings. The third kappa shape index (κ3) is 2.40. The monoisotopic (exact) mass is 263 g/mol. The van der Waals surface area contributed by atoms with Crippen LogP contribution < -0.4 is 5.73 Å². The highest BCUT2D eigenvalue weighted by Crippen LogP contribution is 2.27. The van der Waals surface area contributed by atoms with Crippen molar-refractivity contribution in [2.24, 2.45) is 5.73 Å². The molecule has 0 aliphatic carbocycles. The van der Waals surface area contributed by atoms with E-state index in [-0.39, 0.29) is 0 Å². The van der Waals surface area contributed by atoms with Crippen molar-refractivity contribution in [1.82, 2.24) is 9.97 Å². The Morgan fingerprint density at radius 2 is 1.80 bits per heavy atom. The molecule has 1 aromatic heterocycles. The van der Waals surface area contributed by atoms with Crippen LogP contribution in [0.15, 0.2) is 48.5 Å². The predicted molar refractivity (Wildman–Crippen MR) is 82.5 cm³/mol. The molecule has 100 valence electrons. The molecule has 0 radical (unpaired) electrons. The Labute approximate surface area is 118 Å². The van der Waals surface area contributed by atoms with Crippen LogP contribution in [-0.2, 0) is 6.42 Å². The molecule has 0 amide bonds. The van der Waals surface area contributed by atoms with Crippen molar-refractivity contribution in [2.75, 3.05) is 6.54 Å². The molecule has 20 heavy (non-hydrogen) atoms. The van der Waals surface area contributed by atoms with Crippen molar-refractivity contribution in [3.05, 3.63) is 60.0 Å². The van der Waals surface area contributed by atoms with Crippen LogP contribution in [-0.4, -0.2) is 16.5 Å². The number of hydrogen-bond acceptors (Lipinski definition) is 3. The van der Waals surface area contributed by atoms with Gasteiger partial charge in [-0.15, -0.1) is 0 Å². The summed E-state index contributed by atoms with van der Waals surface area (Å²) in [5.41, 5.74) is 8.70. The molecule has 0 aliphatic rings. The first-order valence-electron chi connectivity index (χ1n) is 6.80. The second kappa shape index (κ2) is 5.39. The van der Waals surface area contributed by atoms with Gasteiger partial charge in [-0.2, -0.15) is 0 Å². The minimum absolute atomic E-state index is 0.568. The molecule has 3 aromatic rings. The summed E-state index contributed by atoms with van der Waals surface area (Å²) >= 11 is 0. The summed E-state index contributed by atoms with van der Waals surface area (Å²) < 4.78 is 0. The zero-order chi connectivity index (χ0) is 13.9. The second-order valence-electron chi connectivity index (χ2n) is 4.88. The topological polar surface area (TPSA) is 51.8 Å². The Balaban J connectivity index is 2.20. The van der Waals surface area contributed by atoms with Gasteiger partial charge >= 0.3 is 0 Å². The average Bonchev–Trinajstić information content (AvgIpc) is 2.46. The van der Waals surface area contributed by atoms with Crippen LogP contribution >= 0.6 is 0 Å². The molecular weight excluding hydrogens is 246 g/mol. The van der Waals surface area contributed by atoms with Crippen LogP contribution in [0, 0.1) is 6.92 Å². The van der Waals surface area contributed by atoms with Gasteiger partial charge in [-0.25, -0.2) is 9.97 Å². The van der Waals surface area contributed by atoms with Crippen LogP contribution in [0.2, 0.25) is 0 Å². The zero-order valence-corrected chi connectivity index (χ0v) is 11.5. The summed E-state index contributed by atoms with van der Waals surface area (Å²) in [4.78, 5) is 9.09. The van der Waals surface area contributed by atoms with E-state index in [1.807, 2.05) is 13.0 Å². The molecule has 2 N–H and O–H groups in total. The van der Waals surface area contributed by atoms with Crippen molar-refractivity contribution >= 4 is 10.8 Å². The van der Waals surface area contributed by atoms with Crippen molar-refractivity contribution in [2.45, 2.75) is 13.3 Å². The van der Waals surface area contributed by atoms with Crippen molar-refractivity contribution < 1.29 is 0 Å². The molecule has 3 nitrogen and oxygen atoms in total. The lowest BCUT2D eigenvalue weighted by Gasteiger charge is -2.08. The summed E-state index contributed by atoms with van der Waals surface area (Å²) in [6.07, 6.45) is 0.708. The van der Waals surface area contributed by atoms with Crippen molar-refractivity contribution in [1.29, 1.82) is 0 Å². The number of nitrogens with two attached hydrogens (primary N) is 1. The molecule has 0 saturated heterocycles. The van der Waals surface area contributed by atoms with Crippen LogP contribution in [0.1, 0.15) is 11.5 Å². The first kappa shape index (κ1) is 12.8. The number of rotatable bonds is 3. The van der Waals surface area contributed by atoms with Crippen LogP contribution in [0.5, 0.6) is 0 Å². The minimum atomic E-state index is 0.568. The van der Waals surface area contributed by atoms with E-state index >= 15 is 0 Å². The van der Waals surface area contributed by atoms with Gasteiger partial charge in [-0.1, -0.05) is 42.5 Å². The highest BCUT2D eigenvalue weighted by molar-refractivity contribution is 5.95. The Kier molecular flexibility index (Phi) is 3.44. The van der Waals surface area contributed by atoms with E-state index in [0.29, 0.717) is 13.0 Å². The van der Waals surface area contributed by atoms with Gasteiger partial charge in [-0.05, 0) is 30.3 Å². The maximum atomic E-state index is 5.61. The highest BCUT2D eigenvalue weighted by atomic mass is 14.9. The molecule has 0 bridgehead atoms. The van der Waals surface area contributed by atoms with Gasteiger partial charge in [0.1, 0.15) is 5.82 Å². The fourth-order valence-corrected chi connectivity index (χ4v) is 2.46.